The van der Waals surface area contributed by atoms with E-state index in [1.54, 1.807) is 23.0 Å². The maximum atomic E-state index is 13.7. The molecule has 6 nitrogen and oxygen atoms in total. The van der Waals surface area contributed by atoms with Crippen molar-refractivity contribution in [1.29, 1.82) is 0 Å². The third-order valence-corrected chi connectivity index (χ3v) is 3.75. The molecule has 122 valence electrons. The molecule has 0 fully saturated rings. The summed E-state index contributed by atoms with van der Waals surface area (Å²) < 4.78 is 15.5. The molecule has 3 rings (SSSR count). The van der Waals surface area contributed by atoms with Gasteiger partial charge >= 0.3 is 0 Å². The Morgan fingerprint density at radius 2 is 2.17 bits per heavy atom. The Labute approximate surface area is 142 Å². The molecule has 0 saturated heterocycles. The minimum Gasteiger partial charge on any atom is -0.310 e. The number of carbonyl (C=O) groups excluding carboxylic acids is 1. The number of hydrogen-bond acceptors (Lipinski definition) is 4. The van der Waals surface area contributed by atoms with Gasteiger partial charge in [-0.25, -0.2) is 19.3 Å². The number of carbonyl (C=O) groups is 1. The molecule has 0 aliphatic heterocycles. The van der Waals surface area contributed by atoms with Crippen LogP contribution in [-0.4, -0.2) is 25.4 Å². The van der Waals surface area contributed by atoms with Crippen LogP contribution in [0.2, 0.25) is 5.02 Å². The third kappa shape index (κ3) is 3.41. The summed E-state index contributed by atoms with van der Waals surface area (Å²) in [7, 11) is 0. The van der Waals surface area contributed by atoms with E-state index in [-0.39, 0.29) is 17.0 Å². The van der Waals surface area contributed by atoms with E-state index >= 15 is 0 Å². The van der Waals surface area contributed by atoms with Crippen molar-refractivity contribution in [3.05, 3.63) is 65.2 Å². The van der Waals surface area contributed by atoms with Gasteiger partial charge in [0.1, 0.15) is 29.6 Å². The van der Waals surface area contributed by atoms with E-state index in [9.17, 15) is 9.18 Å². The Hall–Kier alpha value is -2.80. The number of amides is 1. The molecule has 0 unspecified atom stereocenters. The molecule has 0 bridgehead atoms. The lowest BCUT2D eigenvalue weighted by Gasteiger charge is -2.08. The van der Waals surface area contributed by atoms with Gasteiger partial charge in [0.2, 0.25) is 5.91 Å². The highest BCUT2D eigenvalue weighted by Crippen LogP contribution is 2.20. The lowest BCUT2D eigenvalue weighted by Crippen LogP contribution is -2.17. The smallest absolute Gasteiger partial charge is 0.230 e. The van der Waals surface area contributed by atoms with Gasteiger partial charge in [0, 0.05) is 29.0 Å². The lowest BCUT2D eigenvalue weighted by molar-refractivity contribution is -0.115. The summed E-state index contributed by atoms with van der Waals surface area (Å²) in [5.41, 5.74) is 0.149. The van der Waals surface area contributed by atoms with Crippen LogP contribution >= 0.6 is 11.6 Å². The van der Waals surface area contributed by atoms with Gasteiger partial charge in [-0.3, -0.25) is 9.36 Å². The van der Waals surface area contributed by atoms with Gasteiger partial charge in [0.05, 0.1) is 6.42 Å². The molecular formula is C16H13ClFN5O. The minimum atomic E-state index is -0.518. The second-order valence-electron chi connectivity index (χ2n) is 5.03. The van der Waals surface area contributed by atoms with Crippen molar-refractivity contribution in [3.8, 4) is 5.82 Å². The van der Waals surface area contributed by atoms with E-state index in [4.69, 9.17) is 11.6 Å². The van der Waals surface area contributed by atoms with Crippen molar-refractivity contribution >= 4 is 23.3 Å². The van der Waals surface area contributed by atoms with Crippen LogP contribution in [0.5, 0.6) is 0 Å². The standard InChI is InChI=1S/C16H13ClFN5O/c1-10-19-5-6-23(10)15-8-14(20-9-21-15)22-16(24)7-11-12(17)3-2-4-13(11)18/h2-6,8-9H,7H2,1H3,(H,20,21,22,24). The number of anilines is 1. The fraction of sp³-hybridized carbons (Fsp3) is 0.125. The highest BCUT2D eigenvalue weighted by Gasteiger charge is 2.13. The first-order valence-electron chi connectivity index (χ1n) is 7.09. The number of benzene rings is 1. The molecule has 0 aliphatic carbocycles. The molecule has 0 atom stereocenters. The molecule has 2 heterocycles. The van der Waals surface area contributed by atoms with Crippen LogP contribution in [0.25, 0.3) is 5.82 Å². The van der Waals surface area contributed by atoms with E-state index in [1.807, 2.05) is 6.92 Å². The van der Waals surface area contributed by atoms with Crippen molar-refractivity contribution in [2.24, 2.45) is 0 Å². The van der Waals surface area contributed by atoms with Crippen LogP contribution in [-0.2, 0) is 11.2 Å². The van der Waals surface area contributed by atoms with Crippen molar-refractivity contribution in [2.45, 2.75) is 13.3 Å². The zero-order valence-corrected chi connectivity index (χ0v) is 13.5. The van der Waals surface area contributed by atoms with Crippen molar-refractivity contribution in [2.75, 3.05) is 5.32 Å². The topological polar surface area (TPSA) is 72.7 Å². The van der Waals surface area contributed by atoms with Crippen LogP contribution in [0.1, 0.15) is 11.4 Å². The highest BCUT2D eigenvalue weighted by molar-refractivity contribution is 6.31. The average molecular weight is 346 g/mol. The van der Waals surface area contributed by atoms with Gasteiger partial charge in [-0.05, 0) is 19.1 Å². The summed E-state index contributed by atoms with van der Waals surface area (Å²) in [4.78, 5) is 24.4. The molecule has 1 N–H and O–H groups in total. The normalized spacial score (nSPS) is 10.6. The van der Waals surface area contributed by atoms with Crippen molar-refractivity contribution in [1.82, 2.24) is 19.5 Å². The fourth-order valence-corrected chi connectivity index (χ4v) is 2.45. The van der Waals surface area contributed by atoms with Gasteiger partial charge in [-0.15, -0.1) is 0 Å². The van der Waals surface area contributed by atoms with Gasteiger partial charge < -0.3 is 5.32 Å². The summed E-state index contributed by atoms with van der Waals surface area (Å²) in [6.45, 7) is 1.83. The van der Waals surface area contributed by atoms with Gasteiger partial charge in [0.15, 0.2) is 0 Å². The molecule has 1 amide bonds. The lowest BCUT2D eigenvalue weighted by atomic mass is 10.1. The number of nitrogens with zero attached hydrogens (tertiary/aromatic N) is 4. The average Bonchev–Trinajstić information content (AvgIpc) is 2.97. The van der Waals surface area contributed by atoms with E-state index in [0.717, 1.165) is 5.82 Å². The number of halogens is 2. The Kier molecular flexibility index (Phi) is 4.52. The number of hydrogen-bond donors (Lipinski definition) is 1. The first-order valence-corrected chi connectivity index (χ1v) is 7.47. The van der Waals surface area contributed by atoms with E-state index in [2.05, 4.69) is 20.3 Å². The molecule has 2 aromatic heterocycles. The zero-order valence-electron chi connectivity index (χ0n) is 12.7. The highest BCUT2D eigenvalue weighted by atomic mass is 35.5. The Morgan fingerprint density at radius 1 is 1.33 bits per heavy atom. The minimum absolute atomic E-state index is 0.149. The second kappa shape index (κ2) is 6.76. The molecule has 0 aliphatic rings. The molecule has 1 aromatic carbocycles. The van der Waals surface area contributed by atoms with Crippen LogP contribution in [0.4, 0.5) is 10.2 Å². The molecule has 0 radical (unpaired) electrons. The quantitative estimate of drug-likeness (QED) is 0.789. The van der Waals surface area contributed by atoms with Crippen LogP contribution in [0, 0.1) is 12.7 Å². The molecule has 0 saturated carbocycles. The van der Waals surface area contributed by atoms with Gasteiger partial charge in [0.25, 0.3) is 0 Å². The van der Waals surface area contributed by atoms with E-state index in [1.165, 1.54) is 24.5 Å². The monoisotopic (exact) mass is 345 g/mol. The van der Waals surface area contributed by atoms with Crippen LogP contribution in [0.15, 0.2) is 43.0 Å². The van der Waals surface area contributed by atoms with Crippen LogP contribution < -0.4 is 5.32 Å². The molecule has 0 spiro atoms. The largest absolute Gasteiger partial charge is 0.310 e. The maximum absolute atomic E-state index is 13.7. The first-order chi connectivity index (χ1) is 11.5. The summed E-state index contributed by atoms with van der Waals surface area (Å²) in [6.07, 6.45) is 4.55. The van der Waals surface area contributed by atoms with E-state index < -0.39 is 11.7 Å². The maximum Gasteiger partial charge on any atom is 0.230 e. The van der Waals surface area contributed by atoms with Crippen molar-refractivity contribution in [3.63, 3.8) is 0 Å². The predicted octanol–water partition coefficient (Wildman–Crippen LogP) is 2.94. The van der Waals surface area contributed by atoms with Gasteiger partial charge in [-0.1, -0.05) is 17.7 Å². The molecular weight excluding hydrogens is 333 g/mol. The summed E-state index contributed by atoms with van der Waals surface area (Å²) in [6, 6.07) is 5.90. The Bertz CT molecular complexity index is 875. The fourth-order valence-electron chi connectivity index (χ4n) is 2.22. The summed E-state index contributed by atoms with van der Waals surface area (Å²) in [5.74, 6) is 0.693. The molecule has 3 aromatic rings. The second-order valence-corrected chi connectivity index (χ2v) is 5.44. The summed E-state index contributed by atoms with van der Waals surface area (Å²) >= 11 is 5.93. The third-order valence-electron chi connectivity index (χ3n) is 3.39. The zero-order chi connectivity index (χ0) is 17.1. The number of aromatic nitrogens is 4. The SMILES string of the molecule is Cc1nccn1-c1cc(NC(=O)Cc2c(F)cccc2Cl)ncn1. The van der Waals surface area contributed by atoms with Gasteiger partial charge in [-0.2, -0.15) is 0 Å². The number of aryl methyl sites for hydroxylation is 1. The Morgan fingerprint density at radius 3 is 2.88 bits per heavy atom. The van der Waals surface area contributed by atoms with Crippen molar-refractivity contribution < 1.29 is 9.18 Å². The predicted molar refractivity (Wildman–Crippen MR) is 87.6 cm³/mol. The number of nitrogens with one attached hydrogen (secondary N) is 1. The Balaban J connectivity index is 1.77. The first kappa shape index (κ1) is 16.1. The number of imidazole rings is 1. The number of rotatable bonds is 4. The summed E-state index contributed by atoms with van der Waals surface area (Å²) in [5, 5.41) is 2.83. The van der Waals surface area contributed by atoms with Crippen LogP contribution in [0.3, 0.4) is 0 Å². The molecule has 8 heteroatoms. The van der Waals surface area contributed by atoms with E-state index in [0.29, 0.717) is 11.6 Å². The molecule has 24 heavy (non-hydrogen) atoms.